The van der Waals surface area contributed by atoms with E-state index in [-0.39, 0.29) is 6.10 Å². The van der Waals surface area contributed by atoms with Gasteiger partial charge in [0.2, 0.25) is 0 Å². The molecule has 0 amide bonds. The van der Waals surface area contributed by atoms with Crippen molar-refractivity contribution in [1.29, 1.82) is 0 Å². The molecular weight excluding hydrogens is 202 g/mol. The van der Waals surface area contributed by atoms with Crippen molar-refractivity contribution in [3.63, 3.8) is 0 Å². The van der Waals surface area contributed by atoms with Gasteiger partial charge < -0.3 is 10.1 Å². The van der Waals surface area contributed by atoms with Crippen LogP contribution in [0.3, 0.4) is 0 Å². The van der Waals surface area contributed by atoms with Crippen LogP contribution in [0.15, 0.2) is 0 Å². The van der Waals surface area contributed by atoms with Crippen LogP contribution < -0.4 is 5.32 Å². The summed E-state index contributed by atoms with van der Waals surface area (Å²) in [6.07, 6.45) is -0.0496. The van der Waals surface area contributed by atoms with E-state index in [1.165, 1.54) is 0 Å². The summed E-state index contributed by atoms with van der Waals surface area (Å²) in [5.74, 6) is 1.99. The Kier molecular flexibility index (Phi) is 4.24. The van der Waals surface area contributed by atoms with Gasteiger partial charge in [-0.1, -0.05) is 13.8 Å². The van der Waals surface area contributed by atoms with Crippen molar-refractivity contribution in [3.8, 4) is 0 Å². The van der Waals surface area contributed by atoms with Crippen molar-refractivity contribution < 1.29 is 4.74 Å². The number of hydrogen-bond donors (Lipinski definition) is 1. The fourth-order valence-electron chi connectivity index (χ4n) is 1.70. The first kappa shape index (κ1) is 12.9. The minimum absolute atomic E-state index is 0.0496. The normalized spacial score (nSPS) is 12.9. The van der Waals surface area contributed by atoms with Gasteiger partial charge >= 0.3 is 0 Å². The van der Waals surface area contributed by atoms with Crippen LogP contribution in [0.5, 0.6) is 0 Å². The minimum Gasteiger partial charge on any atom is -0.373 e. The lowest BCUT2D eigenvalue weighted by molar-refractivity contribution is 0.0574. The van der Waals surface area contributed by atoms with E-state index in [0.717, 1.165) is 22.9 Å². The first-order chi connectivity index (χ1) is 7.51. The van der Waals surface area contributed by atoms with E-state index >= 15 is 0 Å². The molecule has 90 valence electrons. The third-order valence-electron chi connectivity index (χ3n) is 2.76. The molecule has 0 bridgehead atoms. The van der Waals surface area contributed by atoms with Crippen LogP contribution in [0.25, 0.3) is 0 Å². The molecule has 16 heavy (non-hydrogen) atoms. The van der Waals surface area contributed by atoms with E-state index < -0.39 is 0 Å². The summed E-state index contributed by atoms with van der Waals surface area (Å²) in [6, 6.07) is 0. The zero-order chi connectivity index (χ0) is 12.3. The van der Waals surface area contributed by atoms with E-state index in [9.17, 15) is 0 Å². The van der Waals surface area contributed by atoms with Gasteiger partial charge in [0.25, 0.3) is 0 Å². The van der Waals surface area contributed by atoms with Crippen LogP contribution in [0.4, 0.5) is 5.82 Å². The molecule has 0 aliphatic heterocycles. The molecule has 0 aliphatic carbocycles. The SMILES string of the molecule is CNc1nc(C(OC)C(C)C)nc(C)c1C. The maximum Gasteiger partial charge on any atom is 0.159 e. The van der Waals surface area contributed by atoms with Crippen molar-refractivity contribution in [2.24, 2.45) is 5.92 Å². The summed E-state index contributed by atoms with van der Waals surface area (Å²) in [7, 11) is 3.57. The molecule has 4 nitrogen and oxygen atoms in total. The summed E-state index contributed by atoms with van der Waals surface area (Å²) in [6.45, 7) is 8.22. The molecule has 1 atom stereocenters. The molecule has 0 saturated heterocycles. The number of aryl methyl sites for hydroxylation is 1. The summed E-state index contributed by atoms with van der Waals surface area (Å²) in [4.78, 5) is 8.99. The third-order valence-corrected chi connectivity index (χ3v) is 2.76. The maximum absolute atomic E-state index is 5.44. The largest absolute Gasteiger partial charge is 0.373 e. The van der Waals surface area contributed by atoms with E-state index in [2.05, 4.69) is 29.1 Å². The lowest BCUT2D eigenvalue weighted by Gasteiger charge is -2.19. The molecule has 0 fully saturated rings. The molecule has 1 heterocycles. The van der Waals surface area contributed by atoms with Gasteiger partial charge in [-0.15, -0.1) is 0 Å². The highest BCUT2D eigenvalue weighted by Gasteiger charge is 2.20. The van der Waals surface area contributed by atoms with Crippen LogP contribution >= 0.6 is 0 Å². The second-order valence-corrected chi connectivity index (χ2v) is 4.29. The Morgan fingerprint density at radius 2 is 1.81 bits per heavy atom. The summed E-state index contributed by atoms with van der Waals surface area (Å²) in [5, 5.41) is 3.09. The van der Waals surface area contributed by atoms with Gasteiger partial charge in [0.05, 0.1) is 0 Å². The molecule has 1 aromatic heterocycles. The van der Waals surface area contributed by atoms with Crippen molar-refractivity contribution in [2.75, 3.05) is 19.5 Å². The number of aromatic nitrogens is 2. The van der Waals surface area contributed by atoms with Crippen LogP contribution in [-0.2, 0) is 4.74 Å². The van der Waals surface area contributed by atoms with E-state index in [1.54, 1.807) is 7.11 Å². The van der Waals surface area contributed by atoms with Crippen LogP contribution in [0.1, 0.15) is 37.0 Å². The fourth-order valence-corrected chi connectivity index (χ4v) is 1.70. The Labute approximate surface area is 97.5 Å². The molecule has 1 aromatic rings. The number of methoxy groups -OCH3 is 1. The molecule has 0 aromatic carbocycles. The predicted molar refractivity (Wildman–Crippen MR) is 65.6 cm³/mol. The lowest BCUT2D eigenvalue weighted by atomic mass is 10.1. The van der Waals surface area contributed by atoms with Gasteiger partial charge in [-0.25, -0.2) is 9.97 Å². The highest BCUT2D eigenvalue weighted by molar-refractivity contribution is 5.44. The van der Waals surface area contributed by atoms with Gasteiger partial charge in [-0.2, -0.15) is 0 Å². The molecule has 1 N–H and O–H groups in total. The Balaban J connectivity index is 3.19. The zero-order valence-electron chi connectivity index (χ0n) is 11.0. The third kappa shape index (κ3) is 2.50. The average molecular weight is 223 g/mol. The number of ether oxygens (including phenoxy) is 1. The van der Waals surface area contributed by atoms with Crippen LogP contribution in [0, 0.1) is 19.8 Å². The van der Waals surface area contributed by atoms with Gasteiger partial charge in [0, 0.05) is 25.4 Å². The second kappa shape index (κ2) is 5.25. The zero-order valence-corrected chi connectivity index (χ0v) is 11.0. The van der Waals surface area contributed by atoms with Crippen molar-refractivity contribution in [1.82, 2.24) is 9.97 Å². The Hall–Kier alpha value is -1.16. The highest BCUT2D eigenvalue weighted by atomic mass is 16.5. The first-order valence-electron chi connectivity index (χ1n) is 5.57. The van der Waals surface area contributed by atoms with E-state index in [0.29, 0.717) is 5.92 Å². The van der Waals surface area contributed by atoms with Gasteiger partial charge in [-0.3, -0.25) is 0 Å². The van der Waals surface area contributed by atoms with Gasteiger partial charge in [0.15, 0.2) is 5.82 Å². The summed E-state index contributed by atoms with van der Waals surface area (Å²) >= 11 is 0. The van der Waals surface area contributed by atoms with Crippen molar-refractivity contribution >= 4 is 5.82 Å². The number of hydrogen-bond acceptors (Lipinski definition) is 4. The monoisotopic (exact) mass is 223 g/mol. The molecule has 1 unspecified atom stereocenters. The number of rotatable bonds is 4. The van der Waals surface area contributed by atoms with Crippen molar-refractivity contribution in [2.45, 2.75) is 33.8 Å². The number of nitrogens with one attached hydrogen (secondary N) is 1. The standard InChI is InChI=1S/C12H21N3O/c1-7(2)10(16-6)12-14-9(4)8(3)11(13-5)15-12/h7,10H,1-6H3,(H,13,14,15). The maximum atomic E-state index is 5.44. The molecule has 0 spiro atoms. The van der Waals surface area contributed by atoms with E-state index in [4.69, 9.17) is 4.74 Å². The summed E-state index contributed by atoms with van der Waals surface area (Å²) < 4.78 is 5.44. The first-order valence-corrected chi connectivity index (χ1v) is 5.57. The quantitative estimate of drug-likeness (QED) is 0.852. The molecule has 0 aliphatic rings. The molecule has 0 radical (unpaired) electrons. The molecule has 4 heteroatoms. The predicted octanol–water partition coefficient (Wildman–Crippen LogP) is 2.48. The molecule has 0 saturated carbocycles. The van der Waals surface area contributed by atoms with Crippen LogP contribution in [-0.4, -0.2) is 24.1 Å². The number of nitrogens with zero attached hydrogens (tertiary/aromatic N) is 2. The van der Waals surface area contributed by atoms with E-state index in [1.807, 2.05) is 20.9 Å². The van der Waals surface area contributed by atoms with Crippen LogP contribution in [0.2, 0.25) is 0 Å². The molecule has 1 rings (SSSR count). The minimum atomic E-state index is -0.0496. The number of anilines is 1. The highest BCUT2D eigenvalue weighted by Crippen LogP contribution is 2.25. The topological polar surface area (TPSA) is 47.0 Å². The Bertz CT molecular complexity index is 364. The van der Waals surface area contributed by atoms with Crippen molar-refractivity contribution in [3.05, 3.63) is 17.1 Å². The Morgan fingerprint density at radius 1 is 1.19 bits per heavy atom. The average Bonchev–Trinajstić information content (AvgIpc) is 2.23. The van der Waals surface area contributed by atoms with Gasteiger partial charge in [0.1, 0.15) is 11.9 Å². The Morgan fingerprint density at radius 3 is 2.25 bits per heavy atom. The smallest absolute Gasteiger partial charge is 0.159 e. The summed E-state index contributed by atoms with van der Waals surface area (Å²) in [5.41, 5.74) is 2.09. The fraction of sp³-hybridized carbons (Fsp3) is 0.667. The molecular formula is C12H21N3O. The second-order valence-electron chi connectivity index (χ2n) is 4.29. The van der Waals surface area contributed by atoms with Gasteiger partial charge in [-0.05, 0) is 19.8 Å². The lowest BCUT2D eigenvalue weighted by Crippen LogP contribution is -2.15.